The average molecular weight is 253 g/mol. The number of ether oxygens (including phenoxy) is 1. The number of nitrogens with two attached hydrogens (primary N) is 1. The molecule has 1 aliphatic heterocycles. The van der Waals surface area contributed by atoms with E-state index in [2.05, 4.69) is 16.0 Å². The molecular weight excluding hydrogens is 238 g/mol. The lowest BCUT2D eigenvalue weighted by Crippen LogP contribution is -2.34. The third kappa shape index (κ3) is 1.46. The number of rotatable bonds is 0. The summed E-state index contributed by atoms with van der Waals surface area (Å²) in [5.74, 6) is 1.26. The predicted molar refractivity (Wildman–Crippen MR) is 72.7 cm³/mol. The highest BCUT2D eigenvalue weighted by molar-refractivity contribution is 5.75. The first-order valence-corrected chi connectivity index (χ1v) is 6.70. The Labute approximate surface area is 111 Å². The molecular formula is C15H15N3O. The fourth-order valence-corrected chi connectivity index (χ4v) is 3.26. The zero-order valence-electron chi connectivity index (χ0n) is 10.6. The number of nitrogens with zero attached hydrogens (tertiary/aromatic N) is 2. The van der Waals surface area contributed by atoms with Crippen LogP contribution in [0.4, 0.5) is 5.95 Å². The van der Waals surface area contributed by atoms with Crippen molar-refractivity contribution < 1.29 is 4.74 Å². The van der Waals surface area contributed by atoms with E-state index in [1.54, 1.807) is 0 Å². The van der Waals surface area contributed by atoms with E-state index in [4.69, 9.17) is 10.5 Å². The van der Waals surface area contributed by atoms with Gasteiger partial charge in [-0.05, 0) is 31.7 Å². The highest BCUT2D eigenvalue weighted by Crippen LogP contribution is 2.51. The molecule has 1 spiro atoms. The molecule has 2 heterocycles. The summed E-state index contributed by atoms with van der Waals surface area (Å²) >= 11 is 0. The fraction of sp³-hybridized carbons (Fsp3) is 0.333. The van der Waals surface area contributed by atoms with Gasteiger partial charge in [0.2, 0.25) is 5.95 Å². The molecule has 1 aromatic carbocycles. The van der Waals surface area contributed by atoms with E-state index in [0.717, 1.165) is 35.4 Å². The molecule has 1 fully saturated rings. The van der Waals surface area contributed by atoms with Crippen molar-refractivity contribution in [2.24, 2.45) is 0 Å². The second-order valence-electron chi connectivity index (χ2n) is 5.29. The molecule has 2 aromatic rings. The number of nitrogen functional groups attached to an aromatic ring is 1. The maximum atomic E-state index is 6.32. The number of anilines is 1. The Morgan fingerprint density at radius 1 is 1.11 bits per heavy atom. The molecule has 0 radical (unpaired) electrons. The Morgan fingerprint density at radius 3 is 2.74 bits per heavy atom. The van der Waals surface area contributed by atoms with Crippen molar-refractivity contribution in [2.45, 2.75) is 31.3 Å². The number of aromatic nitrogens is 2. The summed E-state index contributed by atoms with van der Waals surface area (Å²) in [5.41, 5.74) is 8.59. The van der Waals surface area contributed by atoms with Gasteiger partial charge >= 0.3 is 0 Å². The molecule has 1 aliphatic carbocycles. The van der Waals surface area contributed by atoms with Gasteiger partial charge in [0.15, 0.2) is 5.60 Å². The lowest BCUT2D eigenvalue weighted by Gasteiger charge is -2.36. The van der Waals surface area contributed by atoms with Crippen LogP contribution < -0.4 is 10.5 Å². The summed E-state index contributed by atoms with van der Waals surface area (Å²) in [5, 5.41) is 0. The number of hydrogen-bond acceptors (Lipinski definition) is 4. The smallest absolute Gasteiger partial charge is 0.220 e. The van der Waals surface area contributed by atoms with Gasteiger partial charge in [-0.1, -0.05) is 18.2 Å². The third-order valence-corrected chi connectivity index (χ3v) is 4.13. The zero-order chi connectivity index (χ0) is 12.9. The standard InChI is InChI=1S/C15H15N3O/c16-14-17-9-11-10-5-1-2-6-12(10)19-15(13(11)18-14)7-3-4-8-15/h1-2,5-6,9H,3-4,7-8H2,(H2,16,17,18). The molecule has 96 valence electrons. The van der Waals surface area contributed by atoms with Gasteiger partial charge < -0.3 is 10.5 Å². The van der Waals surface area contributed by atoms with Crippen LogP contribution in [0, 0.1) is 0 Å². The highest BCUT2D eigenvalue weighted by Gasteiger charge is 2.44. The second-order valence-corrected chi connectivity index (χ2v) is 5.29. The van der Waals surface area contributed by atoms with Gasteiger partial charge in [0.25, 0.3) is 0 Å². The first kappa shape index (κ1) is 10.8. The predicted octanol–water partition coefficient (Wildman–Crippen LogP) is 2.89. The lowest BCUT2D eigenvalue weighted by molar-refractivity contribution is 0.0664. The van der Waals surface area contributed by atoms with Crippen LogP contribution in [0.15, 0.2) is 30.5 Å². The summed E-state index contributed by atoms with van der Waals surface area (Å²) in [7, 11) is 0. The molecule has 4 heteroatoms. The van der Waals surface area contributed by atoms with E-state index in [9.17, 15) is 0 Å². The van der Waals surface area contributed by atoms with Crippen LogP contribution >= 0.6 is 0 Å². The third-order valence-electron chi connectivity index (χ3n) is 4.13. The SMILES string of the molecule is Nc1ncc2c(n1)C1(CCCC1)Oc1ccccc1-2. The van der Waals surface area contributed by atoms with Gasteiger partial charge in [-0.25, -0.2) is 9.97 Å². The van der Waals surface area contributed by atoms with Crippen molar-refractivity contribution >= 4 is 5.95 Å². The molecule has 0 bridgehead atoms. The first-order valence-electron chi connectivity index (χ1n) is 6.70. The van der Waals surface area contributed by atoms with E-state index in [0.29, 0.717) is 5.95 Å². The Kier molecular flexibility index (Phi) is 2.10. The Balaban J connectivity index is 2.01. The Morgan fingerprint density at radius 2 is 1.89 bits per heavy atom. The average Bonchev–Trinajstić information content (AvgIpc) is 2.88. The van der Waals surface area contributed by atoms with Crippen LogP contribution in [0.25, 0.3) is 11.1 Å². The van der Waals surface area contributed by atoms with Crippen molar-refractivity contribution in [1.29, 1.82) is 0 Å². The number of fused-ring (bicyclic) bond motifs is 4. The van der Waals surface area contributed by atoms with Crippen LogP contribution in [0.3, 0.4) is 0 Å². The van der Waals surface area contributed by atoms with E-state index in [-0.39, 0.29) is 5.60 Å². The largest absolute Gasteiger partial charge is 0.480 e. The van der Waals surface area contributed by atoms with Gasteiger partial charge in [-0.2, -0.15) is 0 Å². The highest BCUT2D eigenvalue weighted by atomic mass is 16.5. The molecule has 2 aliphatic rings. The van der Waals surface area contributed by atoms with E-state index >= 15 is 0 Å². The van der Waals surface area contributed by atoms with Crippen molar-refractivity contribution in [3.05, 3.63) is 36.2 Å². The van der Waals surface area contributed by atoms with Crippen LogP contribution in [0.5, 0.6) is 5.75 Å². The molecule has 4 nitrogen and oxygen atoms in total. The molecule has 4 rings (SSSR count). The number of hydrogen-bond donors (Lipinski definition) is 1. The molecule has 0 unspecified atom stereocenters. The van der Waals surface area contributed by atoms with Crippen molar-refractivity contribution in [1.82, 2.24) is 9.97 Å². The quantitative estimate of drug-likeness (QED) is 0.784. The summed E-state index contributed by atoms with van der Waals surface area (Å²) in [6, 6.07) is 8.09. The van der Waals surface area contributed by atoms with Crippen molar-refractivity contribution in [3.8, 4) is 16.9 Å². The minimum atomic E-state index is -0.291. The van der Waals surface area contributed by atoms with E-state index in [1.165, 1.54) is 12.8 Å². The van der Waals surface area contributed by atoms with Crippen LogP contribution in [-0.4, -0.2) is 9.97 Å². The lowest BCUT2D eigenvalue weighted by atomic mass is 9.87. The van der Waals surface area contributed by atoms with Gasteiger partial charge in [-0.3, -0.25) is 0 Å². The number of benzene rings is 1. The maximum absolute atomic E-state index is 6.32. The van der Waals surface area contributed by atoms with Gasteiger partial charge in [0.05, 0.1) is 5.69 Å². The first-order chi connectivity index (χ1) is 9.28. The maximum Gasteiger partial charge on any atom is 0.220 e. The molecule has 0 atom stereocenters. The van der Waals surface area contributed by atoms with Crippen molar-refractivity contribution in [2.75, 3.05) is 5.73 Å². The fourth-order valence-electron chi connectivity index (χ4n) is 3.26. The molecule has 1 aromatic heterocycles. The van der Waals surface area contributed by atoms with Gasteiger partial charge in [0.1, 0.15) is 5.75 Å². The minimum absolute atomic E-state index is 0.291. The van der Waals surface area contributed by atoms with Crippen molar-refractivity contribution in [3.63, 3.8) is 0 Å². The van der Waals surface area contributed by atoms with Crippen LogP contribution in [0.1, 0.15) is 31.4 Å². The van der Waals surface area contributed by atoms with Crippen LogP contribution in [0.2, 0.25) is 0 Å². The van der Waals surface area contributed by atoms with Crippen LogP contribution in [-0.2, 0) is 5.60 Å². The topological polar surface area (TPSA) is 61.0 Å². The van der Waals surface area contributed by atoms with Gasteiger partial charge in [0, 0.05) is 17.3 Å². The summed E-state index contributed by atoms with van der Waals surface area (Å²) < 4.78 is 6.32. The monoisotopic (exact) mass is 253 g/mol. The molecule has 0 amide bonds. The molecule has 19 heavy (non-hydrogen) atoms. The summed E-state index contributed by atoms with van der Waals surface area (Å²) in [6.07, 6.45) is 6.19. The van der Waals surface area contributed by atoms with E-state index in [1.807, 2.05) is 24.4 Å². The zero-order valence-corrected chi connectivity index (χ0v) is 10.6. The number of para-hydroxylation sites is 1. The summed E-state index contributed by atoms with van der Waals surface area (Å²) in [4.78, 5) is 8.65. The second kappa shape index (κ2) is 3.70. The normalized spacial score (nSPS) is 18.7. The molecule has 0 saturated heterocycles. The molecule has 1 saturated carbocycles. The van der Waals surface area contributed by atoms with Gasteiger partial charge in [-0.15, -0.1) is 0 Å². The Bertz CT molecular complexity index is 648. The Hall–Kier alpha value is -2.10. The summed E-state index contributed by atoms with van der Waals surface area (Å²) in [6.45, 7) is 0. The van der Waals surface area contributed by atoms with E-state index < -0.39 is 0 Å². The minimum Gasteiger partial charge on any atom is -0.480 e. The molecule has 2 N–H and O–H groups in total.